The Balaban J connectivity index is 1.53. The molecule has 0 saturated heterocycles. The highest BCUT2D eigenvalue weighted by atomic mass is 19.4. The van der Waals surface area contributed by atoms with Crippen LogP contribution in [0.4, 0.5) is 52.7 Å². The third kappa shape index (κ3) is 11.6. The Bertz CT molecular complexity index is 2720. The van der Waals surface area contributed by atoms with E-state index in [9.17, 15) is 71.9 Å². The van der Waals surface area contributed by atoms with Gasteiger partial charge < -0.3 is 43.8 Å². The molecule has 0 fully saturated rings. The fraction of sp³-hybridized carbons (Fsp3) is 0.333. The molecule has 0 aliphatic rings. The maximum atomic E-state index is 15.0. The van der Waals surface area contributed by atoms with Crippen LogP contribution in [0.1, 0.15) is 33.9 Å². The van der Waals surface area contributed by atoms with Gasteiger partial charge in [-0.1, -0.05) is 133 Å². The van der Waals surface area contributed by atoms with Crippen LogP contribution in [-0.4, -0.2) is 103 Å². The summed E-state index contributed by atoms with van der Waals surface area (Å²) in [5.74, 6) is -8.50. The van der Waals surface area contributed by atoms with Crippen LogP contribution in [0.5, 0.6) is 5.75 Å². The number of benzene rings is 5. The van der Waals surface area contributed by atoms with Gasteiger partial charge in [0.25, 0.3) is 34.2 Å². The van der Waals surface area contributed by atoms with Gasteiger partial charge in [-0.25, -0.2) is 9.59 Å². The molecule has 0 bridgehead atoms. The fourth-order valence-corrected chi connectivity index (χ4v) is 8.04. The van der Waals surface area contributed by atoms with Crippen LogP contribution in [-0.2, 0) is 70.0 Å². The maximum absolute atomic E-state index is 15.0. The van der Waals surface area contributed by atoms with Crippen LogP contribution in [0.15, 0.2) is 146 Å². The Hall–Kier alpha value is -7.22. The van der Waals surface area contributed by atoms with Gasteiger partial charge in [0.2, 0.25) is 0 Å². The first-order valence-corrected chi connectivity index (χ1v) is 22.1. The van der Waals surface area contributed by atoms with E-state index in [1.165, 1.54) is 24.3 Å². The van der Waals surface area contributed by atoms with Gasteiger partial charge in [-0.05, 0) is 17.7 Å². The van der Waals surface area contributed by atoms with Gasteiger partial charge >= 0.3 is 36.6 Å². The van der Waals surface area contributed by atoms with Crippen molar-refractivity contribution in [3.05, 3.63) is 173 Å². The highest BCUT2D eigenvalue weighted by Crippen LogP contribution is 2.47. The van der Waals surface area contributed by atoms with Crippen LogP contribution in [0, 0.1) is 0 Å². The largest absolute Gasteiger partial charge is 0.491 e. The Kier molecular flexibility index (Phi) is 18.7. The first kappa shape index (κ1) is 59.7. The van der Waals surface area contributed by atoms with Crippen LogP contribution >= 0.6 is 0 Å². The summed E-state index contributed by atoms with van der Waals surface area (Å²) in [6.07, 6.45) is -24.2. The smallest absolute Gasteiger partial charge is 0.432 e. The van der Waals surface area contributed by atoms with Crippen molar-refractivity contribution in [3.8, 4) is 5.75 Å². The summed E-state index contributed by atoms with van der Waals surface area (Å²) in [6, 6.07) is 23.5. The second-order valence-electron chi connectivity index (χ2n) is 16.2. The molecule has 0 spiro atoms. The third-order valence-electron chi connectivity index (χ3n) is 11.9. The monoisotopic (exact) mass is 1090 g/mol. The molecular formula is C51H46F12N2O11. The lowest BCUT2D eigenvalue weighted by Gasteiger charge is -2.35. The lowest BCUT2D eigenvalue weighted by atomic mass is 9.91. The summed E-state index contributed by atoms with van der Waals surface area (Å²) >= 11 is 0. The molecule has 2 amide bonds. The molecule has 0 aromatic heterocycles. The molecule has 6 atom stereocenters. The Morgan fingerprint density at radius 3 is 1.13 bits per heavy atom. The third-order valence-corrected chi connectivity index (χ3v) is 11.9. The number of hydrogen-bond acceptors (Lipinski definition) is 11. The van der Waals surface area contributed by atoms with Crippen molar-refractivity contribution in [1.82, 2.24) is 10.6 Å². The Labute approximate surface area is 425 Å². The van der Waals surface area contributed by atoms with Crippen LogP contribution < -0.4 is 15.4 Å². The number of ether oxygens (including phenoxy) is 7. The van der Waals surface area contributed by atoms with E-state index in [-0.39, 0.29) is 11.3 Å². The summed E-state index contributed by atoms with van der Waals surface area (Å²) in [7, 11) is 2.19. The molecule has 0 aliphatic heterocycles. The molecular weight excluding hydrogens is 1040 g/mol. The van der Waals surface area contributed by atoms with E-state index in [0.29, 0.717) is 28.4 Å². The van der Waals surface area contributed by atoms with E-state index in [4.69, 9.17) is 33.2 Å². The summed E-state index contributed by atoms with van der Waals surface area (Å²) in [6.45, 7) is -3.56. The first-order chi connectivity index (χ1) is 35.7. The zero-order valence-electron chi connectivity index (χ0n) is 40.2. The number of methoxy groups -OCH3 is 4. The van der Waals surface area contributed by atoms with Gasteiger partial charge in [0.15, 0.2) is 0 Å². The highest BCUT2D eigenvalue weighted by molar-refractivity contribution is 5.89. The van der Waals surface area contributed by atoms with Crippen molar-refractivity contribution < 1.29 is 105 Å². The average molecular weight is 1090 g/mol. The number of nitrogens with one attached hydrogen (secondary N) is 2. The molecule has 0 unspecified atom stereocenters. The van der Waals surface area contributed by atoms with E-state index >= 15 is 0 Å². The Morgan fingerprint density at radius 1 is 0.434 bits per heavy atom. The van der Waals surface area contributed by atoms with Crippen LogP contribution in [0.3, 0.4) is 0 Å². The summed E-state index contributed by atoms with van der Waals surface area (Å²) in [4.78, 5) is 54.9. The zero-order chi connectivity index (χ0) is 56.4. The topological polar surface area (TPSA) is 157 Å². The predicted molar refractivity (Wildman–Crippen MR) is 241 cm³/mol. The number of esters is 2. The number of carbonyl (C=O) groups excluding carboxylic acids is 4. The number of alkyl halides is 12. The van der Waals surface area contributed by atoms with Crippen LogP contribution in [0.25, 0.3) is 0 Å². The standard InChI is InChI=1S/C51H46F12N2O11/c1-70-44(48(52,53)54,33-17-9-5-10-18-33)40(66)64-29-39(76-43(69)47(73-4,51(61,62)63)36-23-15-8-16-24-36)32-25-27-38(28-26-32)74-30-37(65-41(67)45(71-2,49(55,56)57)34-19-11-6-12-20-34)31-75-42(68)46(72-3,50(58,59)60)35-21-13-7-14-22-35/h5-28,37,39H,29-31H2,1-4H3,(H,64,66)(H,65,67)/t37-,39+,44-,45-,46-,47-/m1/s1. The molecule has 5 aromatic rings. The van der Waals surface area contributed by atoms with Crippen molar-refractivity contribution in [2.75, 3.05) is 48.2 Å². The van der Waals surface area contributed by atoms with Crippen molar-refractivity contribution >= 4 is 23.8 Å². The van der Waals surface area contributed by atoms with Gasteiger partial charge in [-0.3, -0.25) is 9.59 Å². The minimum atomic E-state index is -5.57. The minimum Gasteiger partial charge on any atom is -0.491 e. The Morgan fingerprint density at radius 2 is 0.776 bits per heavy atom. The molecule has 0 heterocycles. The molecule has 410 valence electrons. The SMILES string of the molecule is CO[C@@](C(=O)NC[C@H](OC(=O)[C@](OC)(c1ccccc1)C(F)(F)F)c1ccc(OC[C@H](COC(=O)[C@](OC)(c2ccccc2)C(F)(F)F)NC(=O)[C@](OC)(c2ccccc2)C(F)(F)F)cc1)(c1ccccc1)C(F)(F)F. The summed E-state index contributed by atoms with van der Waals surface area (Å²) in [5, 5.41) is 3.89. The molecule has 5 aromatic carbocycles. The molecule has 76 heavy (non-hydrogen) atoms. The normalized spacial score (nSPS) is 16.3. The molecule has 25 heteroatoms. The maximum Gasteiger partial charge on any atom is 0.432 e. The van der Waals surface area contributed by atoms with Crippen molar-refractivity contribution in [2.24, 2.45) is 0 Å². The van der Waals surface area contributed by atoms with Crippen molar-refractivity contribution in [1.29, 1.82) is 0 Å². The zero-order valence-corrected chi connectivity index (χ0v) is 40.2. The molecule has 13 nitrogen and oxygen atoms in total. The molecule has 0 aliphatic carbocycles. The number of amides is 2. The van der Waals surface area contributed by atoms with Gasteiger partial charge in [0, 0.05) is 50.7 Å². The van der Waals surface area contributed by atoms with Gasteiger partial charge in [-0.15, -0.1) is 0 Å². The van der Waals surface area contributed by atoms with Gasteiger partial charge in [0.05, 0.1) is 12.6 Å². The summed E-state index contributed by atoms with van der Waals surface area (Å²) < 4.78 is 214. The van der Waals surface area contributed by atoms with E-state index in [1.807, 2.05) is 10.6 Å². The minimum absolute atomic E-state index is 0.350. The van der Waals surface area contributed by atoms with Crippen LogP contribution in [0.2, 0.25) is 0 Å². The van der Waals surface area contributed by atoms with E-state index < -0.39 is 125 Å². The van der Waals surface area contributed by atoms with E-state index in [0.717, 1.165) is 121 Å². The number of hydrogen-bond donors (Lipinski definition) is 2. The quantitative estimate of drug-likeness (QED) is 0.0503. The molecule has 0 saturated carbocycles. The van der Waals surface area contributed by atoms with Gasteiger partial charge in [0.1, 0.15) is 25.1 Å². The molecule has 0 radical (unpaired) electrons. The lowest BCUT2D eigenvalue weighted by molar-refractivity contribution is -0.279. The average Bonchev–Trinajstić information content (AvgIpc) is 3.37. The van der Waals surface area contributed by atoms with E-state index in [1.54, 1.807) is 0 Å². The summed E-state index contributed by atoms with van der Waals surface area (Å²) in [5.41, 5.74) is -18.6. The number of carbonyl (C=O) groups is 4. The number of rotatable bonds is 22. The second-order valence-corrected chi connectivity index (χ2v) is 16.2. The fourth-order valence-electron chi connectivity index (χ4n) is 8.04. The lowest BCUT2D eigenvalue weighted by Crippen LogP contribution is -2.59. The second kappa shape index (κ2) is 23.8. The highest BCUT2D eigenvalue weighted by Gasteiger charge is 2.67. The first-order valence-electron chi connectivity index (χ1n) is 22.1. The van der Waals surface area contributed by atoms with E-state index in [2.05, 4.69) is 0 Å². The van der Waals surface area contributed by atoms with Crippen molar-refractivity contribution in [2.45, 2.75) is 59.3 Å². The number of halogens is 12. The molecule has 2 N–H and O–H groups in total. The van der Waals surface area contributed by atoms with Crippen molar-refractivity contribution in [3.63, 3.8) is 0 Å². The molecule has 5 rings (SSSR count). The predicted octanol–water partition coefficient (Wildman–Crippen LogP) is 9.21. The van der Waals surface area contributed by atoms with Gasteiger partial charge in [-0.2, -0.15) is 52.7 Å².